The number of amides is 2. The van der Waals surface area contributed by atoms with Gasteiger partial charge < -0.3 is 20.1 Å². The smallest absolute Gasteiger partial charge is 0.317 e. The lowest BCUT2D eigenvalue weighted by molar-refractivity contribution is -0.147. The third kappa shape index (κ3) is 3.87. The highest BCUT2D eigenvalue weighted by atomic mass is 16.5. The van der Waals surface area contributed by atoms with Gasteiger partial charge in [-0.25, -0.2) is 4.79 Å². The van der Waals surface area contributed by atoms with E-state index in [-0.39, 0.29) is 18.2 Å². The van der Waals surface area contributed by atoms with E-state index < -0.39 is 11.4 Å². The van der Waals surface area contributed by atoms with E-state index in [1.807, 2.05) is 0 Å². The maximum Gasteiger partial charge on any atom is 0.317 e. The van der Waals surface area contributed by atoms with Gasteiger partial charge in [0, 0.05) is 26.2 Å². The first-order valence-corrected chi connectivity index (χ1v) is 7.62. The molecule has 120 valence electrons. The van der Waals surface area contributed by atoms with Gasteiger partial charge in [-0.15, -0.1) is 0 Å². The highest BCUT2D eigenvalue weighted by Gasteiger charge is 2.42. The van der Waals surface area contributed by atoms with Gasteiger partial charge in [-0.2, -0.15) is 0 Å². The first kappa shape index (κ1) is 16.1. The van der Waals surface area contributed by atoms with E-state index in [1.54, 1.807) is 11.8 Å². The zero-order chi connectivity index (χ0) is 15.7. The van der Waals surface area contributed by atoms with Gasteiger partial charge in [-0.1, -0.05) is 0 Å². The molecule has 2 heterocycles. The topological polar surface area (TPSA) is 78.9 Å². The van der Waals surface area contributed by atoms with Gasteiger partial charge in [-0.3, -0.25) is 4.79 Å². The van der Waals surface area contributed by atoms with Crippen LogP contribution in [0.2, 0.25) is 0 Å². The third-order valence-corrected chi connectivity index (χ3v) is 4.62. The summed E-state index contributed by atoms with van der Waals surface area (Å²) in [6.07, 6.45) is 2.40. The van der Waals surface area contributed by atoms with Gasteiger partial charge in [-0.05, 0) is 46.0 Å². The Morgan fingerprint density at radius 2 is 2.10 bits per heavy atom. The molecule has 2 rings (SSSR count). The van der Waals surface area contributed by atoms with Crippen molar-refractivity contribution in [3.8, 4) is 0 Å². The number of rotatable bonds is 3. The molecule has 0 aromatic heterocycles. The Balaban J connectivity index is 1.79. The number of carboxylic acids is 1. The minimum Gasteiger partial charge on any atom is -0.481 e. The van der Waals surface area contributed by atoms with Gasteiger partial charge in [0.1, 0.15) is 0 Å². The Bertz CT molecular complexity index is 424. The minimum atomic E-state index is -0.830. The molecule has 0 spiro atoms. The van der Waals surface area contributed by atoms with Crippen LogP contribution >= 0.6 is 0 Å². The van der Waals surface area contributed by atoms with Crippen LogP contribution < -0.4 is 5.32 Å². The van der Waals surface area contributed by atoms with Gasteiger partial charge in [0.2, 0.25) is 0 Å². The maximum atomic E-state index is 12.2. The van der Waals surface area contributed by atoms with Crippen LogP contribution in [0.3, 0.4) is 0 Å². The number of ether oxygens (including phenoxy) is 1. The highest BCUT2D eigenvalue weighted by molar-refractivity contribution is 5.79. The molecular formula is C15H26N2O4. The largest absolute Gasteiger partial charge is 0.481 e. The number of carbonyl (C=O) groups is 2. The van der Waals surface area contributed by atoms with Gasteiger partial charge in [0.05, 0.1) is 11.0 Å². The number of carboxylic acid groups (broad SMARTS) is 1. The van der Waals surface area contributed by atoms with E-state index >= 15 is 0 Å². The number of hydrogen-bond acceptors (Lipinski definition) is 3. The molecular weight excluding hydrogens is 272 g/mol. The molecule has 2 aliphatic heterocycles. The number of nitrogens with one attached hydrogen (secondary N) is 1. The van der Waals surface area contributed by atoms with E-state index in [0.29, 0.717) is 25.4 Å². The summed E-state index contributed by atoms with van der Waals surface area (Å²) in [5, 5.41) is 12.1. The number of carbonyl (C=O) groups excluding carboxylic acids is 1. The first-order valence-electron chi connectivity index (χ1n) is 7.62. The Labute approximate surface area is 125 Å². The molecule has 0 radical (unpaired) electrons. The van der Waals surface area contributed by atoms with Gasteiger partial charge in [0.15, 0.2) is 0 Å². The molecule has 0 aromatic carbocycles. The number of likely N-dealkylation sites (tertiary alicyclic amines) is 1. The second-order valence-electron chi connectivity index (χ2n) is 7.19. The monoisotopic (exact) mass is 298 g/mol. The van der Waals surface area contributed by atoms with Crippen molar-refractivity contribution in [1.82, 2.24) is 10.2 Å². The number of aliphatic carboxylic acids is 1. The Hall–Kier alpha value is -1.30. The van der Waals surface area contributed by atoms with E-state index in [4.69, 9.17) is 4.74 Å². The summed E-state index contributed by atoms with van der Waals surface area (Å²) >= 11 is 0. The van der Waals surface area contributed by atoms with Crippen LogP contribution in [0.1, 0.15) is 40.0 Å². The molecule has 2 fully saturated rings. The number of nitrogens with zero attached hydrogens (tertiary/aromatic N) is 1. The molecule has 0 saturated carbocycles. The molecule has 2 amide bonds. The van der Waals surface area contributed by atoms with Crippen LogP contribution in [0.15, 0.2) is 0 Å². The van der Waals surface area contributed by atoms with Crippen LogP contribution in [-0.4, -0.2) is 53.8 Å². The summed E-state index contributed by atoms with van der Waals surface area (Å²) in [5.41, 5.74) is -0.929. The molecule has 0 aliphatic carbocycles. The molecule has 6 nitrogen and oxygen atoms in total. The van der Waals surface area contributed by atoms with E-state index in [0.717, 1.165) is 19.4 Å². The lowest BCUT2D eigenvalue weighted by Gasteiger charge is -2.35. The van der Waals surface area contributed by atoms with Crippen molar-refractivity contribution in [2.45, 2.75) is 45.6 Å². The van der Waals surface area contributed by atoms with Crippen molar-refractivity contribution >= 4 is 12.0 Å². The van der Waals surface area contributed by atoms with E-state index in [9.17, 15) is 14.7 Å². The molecule has 21 heavy (non-hydrogen) atoms. The van der Waals surface area contributed by atoms with Crippen molar-refractivity contribution in [3.05, 3.63) is 0 Å². The Kier molecular flexibility index (Phi) is 4.46. The fourth-order valence-electron chi connectivity index (χ4n) is 3.18. The minimum absolute atomic E-state index is 0.122. The summed E-state index contributed by atoms with van der Waals surface area (Å²) in [5.74, 6) is -0.407. The van der Waals surface area contributed by atoms with Crippen molar-refractivity contribution in [2.75, 3.05) is 26.2 Å². The Morgan fingerprint density at radius 1 is 1.38 bits per heavy atom. The molecule has 2 aliphatic rings. The predicted octanol–water partition coefficient (Wildman–Crippen LogP) is 1.70. The van der Waals surface area contributed by atoms with E-state index in [2.05, 4.69) is 19.2 Å². The second kappa shape index (κ2) is 5.83. The first-order chi connectivity index (χ1) is 9.72. The van der Waals surface area contributed by atoms with Gasteiger partial charge >= 0.3 is 12.0 Å². The normalized spacial score (nSPS) is 32.0. The van der Waals surface area contributed by atoms with Crippen LogP contribution in [-0.2, 0) is 9.53 Å². The third-order valence-electron chi connectivity index (χ3n) is 4.62. The lowest BCUT2D eigenvalue weighted by Crippen LogP contribution is -2.44. The molecule has 0 bridgehead atoms. The SMILES string of the molecule is CC1(C)CC(CNC(=O)N2CCC(C)(C(=O)O)C2)CCO1. The van der Waals surface area contributed by atoms with E-state index in [1.165, 1.54) is 0 Å². The summed E-state index contributed by atoms with van der Waals surface area (Å²) < 4.78 is 5.67. The van der Waals surface area contributed by atoms with Crippen molar-refractivity contribution in [2.24, 2.45) is 11.3 Å². The Morgan fingerprint density at radius 3 is 2.67 bits per heavy atom. The quantitative estimate of drug-likeness (QED) is 0.831. The molecule has 2 N–H and O–H groups in total. The maximum absolute atomic E-state index is 12.2. The van der Waals surface area contributed by atoms with Gasteiger partial charge in [0.25, 0.3) is 0 Å². The fraction of sp³-hybridized carbons (Fsp3) is 0.867. The van der Waals surface area contributed by atoms with Crippen LogP contribution in [0, 0.1) is 11.3 Å². The van der Waals surface area contributed by atoms with Crippen molar-refractivity contribution in [3.63, 3.8) is 0 Å². The number of urea groups is 1. The highest BCUT2D eigenvalue weighted by Crippen LogP contribution is 2.30. The lowest BCUT2D eigenvalue weighted by atomic mass is 9.88. The molecule has 2 atom stereocenters. The zero-order valence-electron chi connectivity index (χ0n) is 13.1. The molecule has 2 saturated heterocycles. The van der Waals surface area contributed by atoms with Crippen molar-refractivity contribution in [1.29, 1.82) is 0 Å². The summed E-state index contributed by atoms with van der Waals surface area (Å²) in [6.45, 7) is 7.99. The summed E-state index contributed by atoms with van der Waals surface area (Å²) in [6, 6.07) is -0.149. The molecule has 0 aromatic rings. The van der Waals surface area contributed by atoms with Crippen LogP contribution in [0.4, 0.5) is 4.79 Å². The number of hydrogen-bond donors (Lipinski definition) is 2. The standard InChI is InChI=1S/C15H26N2O4/c1-14(2)8-11(4-7-21-14)9-16-13(20)17-6-5-15(3,10-17)12(18)19/h11H,4-10H2,1-3H3,(H,16,20)(H,18,19). The molecule has 6 heteroatoms. The second-order valence-corrected chi connectivity index (χ2v) is 7.19. The average Bonchev–Trinajstić information content (AvgIpc) is 2.79. The predicted molar refractivity (Wildman–Crippen MR) is 78.1 cm³/mol. The van der Waals surface area contributed by atoms with Crippen molar-refractivity contribution < 1.29 is 19.4 Å². The summed E-state index contributed by atoms with van der Waals surface area (Å²) in [4.78, 5) is 25.0. The fourth-order valence-corrected chi connectivity index (χ4v) is 3.18. The van der Waals surface area contributed by atoms with Crippen LogP contribution in [0.5, 0.6) is 0 Å². The molecule has 2 unspecified atom stereocenters. The average molecular weight is 298 g/mol. The van der Waals surface area contributed by atoms with Crippen LogP contribution in [0.25, 0.3) is 0 Å². The zero-order valence-corrected chi connectivity index (χ0v) is 13.1. The summed E-state index contributed by atoms with van der Waals surface area (Å²) in [7, 11) is 0.